The molecule has 0 fully saturated rings. The molecule has 7 nitrogen and oxygen atoms in total. The van der Waals surface area contributed by atoms with Crippen LogP contribution in [0.15, 0.2) is 42.5 Å². The normalized spacial score (nSPS) is 9.52. The first-order chi connectivity index (χ1) is 11.9. The minimum Gasteiger partial charge on any atom is -0.465 e. The summed E-state index contributed by atoms with van der Waals surface area (Å²) in [6.45, 7) is 1.31. The Morgan fingerprint density at radius 1 is 1.12 bits per heavy atom. The molecule has 25 heavy (non-hydrogen) atoms. The Kier molecular flexibility index (Phi) is 5.48. The third-order valence-electron chi connectivity index (χ3n) is 3.17. The minimum absolute atomic E-state index is 0.142. The zero-order chi connectivity index (χ0) is 18.4. The van der Waals surface area contributed by atoms with Gasteiger partial charge in [0.1, 0.15) is 0 Å². The highest BCUT2D eigenvalue weighted by Gasteiger charge is 2.10. The summed E-state index contributed by atoms with van der Waals surface area (Å²) in [6.07, 6.45) is 0. The van der Waals surface area contributed by atoms with E-state index in [-0.39, 0.29) is 17.3 Å². The lowest BCUT2D eigenvalue weighted by molar-refractivity contribution is -0.384. The van der Waals surface area contributed by atoms with Crippen molar-refractivity contribution in [3.63, 3.8) is 0 Å². The summed E-state index contributed by atoms with van der Waals surface area (Å²) in [6, 6.07) is 10.5. The molecule has 0 spiro atoms. The van der Waals surface area contributed by atoms with Crippen molar-refractivity contribution in [2.24, 2.45) is 0 Å². The Balaban J connectivity index is 2.33. The van der Waals surface area contributed by atoms with Gasteiger partial charge in [-0.1, -0.05) is 11.8 Å². The fourth-order valence-electron chi connectivity index (χ4n) is 1.99. The second kappa shape index (κ2) is 7.75. The quantitative estimate of drug-likeness (QED) is 0.401. The molecule has 0 saturated heterocycles. The molecular weight excluding hydrogens is 324 g/mol. The van der Waals surface area contributed by atoms with E-state index in [0.29, 0.717) is 16.7 Å². The number of nitro groups is 1. The largest absolute Gasteiger partial charge is 0.465 e. The van der Waals surface area contributed by atoms with Crippen LogP contribution in [-0.4, -0.2) is 23.9 Å². The number of nitrogens with zero attached hydrogens (tertiary/aromatic N) is 1. The predicted octanol–water partition coefficient (Wildman–Crippen LogP) is 2.74. The summed E-state index contributed by atoms with van der Waals surface area (Å²) in [5.41, 5.74) is 1.61. The monoisotopic (exact) mass is 338 g/mol. The van der Waals surface area contributed by atoms with E-state index in [0.717, 1.165) is 0 Å². The van der Waals surface area contributed by atoms with Gasteiger partial charge in [-0.05, 0) is 30.3 Å². The van der Waals surface area contributed by atoms with Crippen LogP contribution in [0.4, 0.5) is 11.4 Å². The summed E-state index contributed by atoms with van der Waals surface area (Å²) < 4.78 is 4.62. The average Bonchev–Trinajstić information content (AvgIpc) is 2.59. The number of nitrogens with one attached hydrogen (secondary N) is 1. The number of amides is 1. The first kappa shape index (κ1) is 17.7. The first-order valence-corrected chi connectivity index (χ1v) is 7.17. The van der Waals surface area contributed by atoms with Crippen molar-refractivity contribution < 1.29 is 19.2 Å². The van der Waals surface area contributed by atoms with E-state index in [1.54, 1.807) is 24.3 Å². The standard InChI is InChI=1S/C18H14N2O5/c1-12(21)19-17-11-16(20(23)24)10-9-14(17)6-3-13-4-7-15(8-5-13)18(22)25-2/h4-5,7-11H,1-2H3,(H,19,21). The van der Waals surface area contributed by atoms with Gasteiger partial charge in [-0.2, -0.15) is 0 Å². The van der Waals surface area contributed by atoms with Gasteiger partial charge in [-0.25, -0.2) is 4.79 Å². The Morgan fingerprint density at radius 2 is 1.80 bits per heavy atom. The van der Waals surface area contributed by atoms with Crippen molar-refractivity contribution >= 4 is 23.3 Å². The molecule has 0 aliphatic carbocycles. The summed E-state index contributed by atoms with van der Waals surface area (Å²) >= 11 is 0. The van der Waals surface area contributed by atoms with Gasteiger partial charge < -0.3 is 10.1 Å². The van der Waals surface area contributed by atoms with Gasteiger partial charge in [0.05, 0.1) is 23.3 Å². The van der Waals surface area contributed by atoms with Crippen LogP contribution < -0.4 is 5.32 Å². The van der Waals surface area contributed by atoms with E-state index in [4.69, 9.17) is 0 Å². The molecule has 0 bridgehead atoms. The number of non-ortho nitro benzene ring substituents is 1. The SMILES string of the molecule is COC(=O)c1ccc(C#Cc2ccc([N+](=O)[O-])cc2NC(C)=O)cc1. The Labute approximate surface area is 143 Å². The topological polar surface area (TPSA) is 98.5 Å². The summed E-state index contributed by atoms with van der Waals surface area (Å²) in [4.78, 5) is 33.0. The van der Waals surface area contributed by atoms with E-state index >= 15 is 0 Å². The number of anilines is 1. The van der Waals surface area contributed by atoms with E-state index < -0.39 is 10.9 Å². The molecule has 2 aromatic carbocycles. The Morgan fingerprint density at radius 3 is 2.36 bits per heavy atom. The van der Waals surface area contributed by atoms with Crippen molar-refractivity contribution in [1.82, 2.24) is 0 Å². The summed E-state index contributed by atoms with van der Waals surface area (Å²) in [5, 5.41) is 13.4. The highest BCUT2D eigenvalue weighted by Crippen LogP contribution is 2.22. The highest BCUT2D eigenvalue weighted by atomic mass is 16.6. The van der Waals surface area contributed by atoms with Crippen LogP contribution in [0.1, 0.15) is 28.4 Å². The molecule has 126 valence electrons. The fourth-order valence-corrected chi connectivity index (χ4v) is 1.99. The zero-order valence-electron chi connectivity index (χ0n) is 13.5. The highest BCUT2D eigenvalue weighted by molar-refractivity contribution is 5.91. The maximum atomic E-state index is 11.4. The number of ether oxygens (including phenoxy) is 1. The third-order valence-corrected chi connectivity index (χ3v) is 3.17. The lowest BCUT2D eigenvalue weighted by atomic mass is 10.1. The molecule has 1 N–H and O–H groups in total. The molecular formula is C18H14N2O5. The number of esters is 1. The maximum absolute atomic E-state index is 11.4. The van der Waals surface area contributed by atoms with Crippen molar-refractivity contribution in [2.45, 2.75) is 6.92 Å². The number of hydrogen-bond acceptors (Lipinski definition) is 5. The van der Waals surface area contributed by atoms with E-state index in [1.807, 2.05) is 0 Å². The van der Waals surface area contributed by atoms with Crippen LogP contribution >= 0.6 is 0 Å². The minimum atomic E-state index is -0.548. The van der Waals surface area contributed by atoms with Crippen molar-refractivity contribution in [2.75, 3.05) is 12.4 Å². The molecule has 2 aromatic rings. The van der Waals surface area contributed by atoms with Crippen molar-refractivity contribution in [3.05, 3.63) is 69.3 Å². The van der Waals surface area contributed by atoms with E-state index in [2.05, 4.69) is 21.9 Å². The average molecular weight is 338 g/mol. The summed E-state index contributed by atoms with van der Waals surface area (Å²) in [5.74, 6) is 4.95. The molecule has 0 unspecified atom stereocenters. The summed E-state index contributed by atoms with van der Waals surface area (Å²) in [7, 11) is 1.30. The van der Waals surface area contributed by atoms with E-state index in [1.165, 1.54) is 32.2 Å². The molecule has 0 aromatic heterocycles. The number of carbonyl (C=O) groups is 2. The lowest BCUT2D eigenvalue weighted by Crippen LogP contribution is -2.07. The van der Waals surface area contributed by atoms with Gasteiger partial charge in [-0.3, -0.25) is 14.9 Å². The van der Waals surface area contributed by atoms with Crippen molar-refractivity contribution in [3.8, 4) is 11.8 Å². The van der Waals surface area contributed by atoms with Crippen LogP contribution in [0.25, 0.3) is 0 Å². The van der Waals surface area contributed by atoms with Crippen LogP contribution in [-0.2, 0) is 9.53 Å². The van der Waals surface area contributed by atoms with Crippen LogP contribution in [0.5, 0.6) is 0 Å². The van der Waals surface area contributed by atoms with Gasteiger partial charge in [0.15, 0.2) is 0 Å². The predicted molar refractivity (Wildman–Crippen MR) is 91.2 cm³/mol. The number of carbonyl (C=O) groups excluding carboxylic acids is 2. The zero-order valence-corrected chi connectivity index (χ0v) is 13.5. The number of benzene rings is 2. The van der Waals surface area contributed by atoms with Crippen LogP contribution in [0.2, 0.25) is 0 Å². The molecule has 0 heterocycles. The van der Waals surface area contributed by atoms with Gasteiger partial charge >= 0.3 is 5.97 Å². The second-order valence-electron chi connectivity index (χ2n) is 4.99. The third kappa shape index (κ3) is 4.65. The number of methoxy groups -OCH3 is 1. The molecule has 0 radical (unpaired) electrons. The smallest absolute Gasteiger partial charge is 0.337 e. The van der Waals surface area contributed by atoms with E-state index in [9.17, 15) is 19.7 Å². The number of nitro benzene ring substituents is 1. The Bertz CT molecular complexity index is 892. The molecule has 0 atom stereocenters. The van der Waals surface area contributed by atoms with Gasteiger partial charge in [0.2, 0.25) is 5.91 Å². The fraction of sp³-hybridized carbons (Fsp3) is 0.111. The van der Waals surface area contributed by atoms with Crippen LogP contribution in [0, 0.1) is 22.0 Å². The van der Waals surface area contributed by atoms with Gasteiger partial charge in [0.25, 0.3) is 5.69 Å². The second-order valence-corrected chi connectivity index (χ2v) is 4.99. The first-order valence-electron chi connectivity index (χ1n) is 7.17. The maximum Gasteiger partial charge on any atom is 0.337 e. The molecule has 1 amide bonds. The lowest BCUT2D eigenvalue weighted by Gasteiger charge is -2.05. The molecule has 0 aliphatic rings. The van der Waals surface area contributed by atoms with Crippen LogP contribution in [0.3, 0.4) is 0 Å². The molecule has 2 rings (SSSR count). The Hall–Kier alpha value is -3.66. The number of rotatable bonds is 3. The van der Waals surface area contributed by atoms with Gasteiger partial charge in [0, 0.05) is 30.2 Å². The van der Waals surface area contributed by atoms with Crippen molar-refractivity contribution in [1.29, 1.82) is 0 Å². The molecule has 0 saturated carbocycles. The number of hydrogen-bond donors (Lipinski definition) is 1. The molecule has 7 heteroatoms. The van der Waals surface area contributed by atoms with Gasteiger partial charge in [-0.15, -0.1) is 0 Å². The molecule has 0 aliphatic heterocycles.